The molecule has 2 amide bonds. The number of carboxylic acid groups (broad SMARTS) is 1. The lowest BCUT2D eigenvalue weighted by Gasteiger charge is -2.16. The van der Waals surface area contributed by atoms with Crippen LogP contribution >= 0.6 is 11.6 Å². The van der Waals surface area contributed by atoms with E-state index >= 15 is 0 Å². The van der Waals surface area contributed by atoms with E-state index in [2.05, 4.69) is 10.6 Å². The summed E-state index contributed by atoms with van der Waals surface area (Å²) in [6.45, 7) is 3.46. The minimum atomic E-state index is -1.19. The van der Waals surface area contributed by atoms with E-state index in [9.17, 15) is 14.7 Å². The van der Waals surface area contributed by atoms with Gasteiger partial charge in [0.05, 0.1) is 0 Å². The summed E-state index contributed by atoms with van der Waals surface area (Å²) >= 11 is 5.96. The summed E-state index contributed by atoms with van der Waals surface area (Å²) in [7, 11) is 0. The molecule has 0 spiro atoms. The first kappa shape index (κ1) is 17.3. The fourth-order valence-corrected chi connectivity index (χ4v) is 1.93. The first-order chi connectivity index (χ1) is 10.1. The van der Waals surface area contributed by atoms with Crippen LogP contribution in [0.25, 0.3) is 0 Å². The highest BCUT2D eigenvalue weighted by molar-refractivity contribution is 6.31. The molecule has 0 aliphatic rings. The quantitative estimate of drug-likeness (QED) is 0.642. The van der Waals surface area contributed by atoms with Crippen molar-refractivity contribution in [2.24, 2.45) is 0 Å². The third-order valence-corrected chi connectivity index (χ3v) is 3.04. The van der Waals surface area contributed by atoms with Crippen LogP contribution in [0.15, 0.2) is 24.3 Å². The fourth-order valence-electron chi connectivity index (χ4n) is 1.68. The summed E-state index contributed by atoms with van der Waals surface area (Å²) in [6.07, 6.45) is 0.658. The normalized spacial score (nSPS) is 11.7. The molecule has 7 heteroatoms. The van der Waals surface area contributed by atoms with E-state index < -0.39 is 18.0 Å². The lowest BCUT2D eigenvalue weighted by atomic mass is 10.1. The Morgan fingerprint density at radius 3 is 2.71 bits per heavy atom. The Labute approximate surface area is 128 Å². The Morgan fingerprint density at radius 1 is 1.38 bits per heavy atom. The number of rotatable bonds is 8. The second kappa shape index (κ2) is 9.20. The third kappa shape index (κ3) is 6.01. The van der Waals surface area contributed by atoms with Crippen LogP contribution < -0.4 is 10.6 Å². The molecule has 0 heterocycles. The Hall–Kier alpha value is -1.79. The molecule has 21 heavy (non-hydrogen) atoms. The van der Waals surface area contributed by atoms with Gasteiger partial charge in [0.2, 0.25) is 0 Å². The van der Waals surface area contributed by atoms with Crippen molar-refractivity contribution in [3.05, 3.63) is 34.9 Å². The predicted octanol–water partition coefficient (Wildman–Crippen LogP) is 2.19. The standard InChI is InChI=1S/C14H19ClN2O4/c1-2-21-9-5-8-16-14(20)17-12(13(18)19)10-6-3-4-7-11(10)15/h3-4,6-7,12H,2,5,8-9H2,1H3,(H,18,19)(H2,16,17,20)/t12-/m1/s1. The molecule has 0 saturated carbocycles. The molecule has 0 bridgehead atoms. The highest BCUT2D eigenvalue weighted by Gasteiger charge is 2.23. The van der Waals surface area contributed by atoms with Gasteiger partial charge in [0.25, 0.3) is 0 Å². The number of ether oxygens (including phenoxy) is 1. The van der Waals surface area contributed by atoms with E-state index in [-0.39, 0.29) is 0 Å². The summed E-state index contributed by atoms with van der Waals surface area (Å²) in [5, 5.41) is 14.5. The average Bonchev–Trinajstić information content (AvgIpc) is 2.45. The molecular weight excluding hydrogens is 296 g/mol. The van der Waals surface area contributed by atoms with Gasteiger partial charge in [0, 0.05) is 30.3 Å². The highest BCUT2D eigenvalue weighted by atomic mass is 35.5. The van der Waals surface area contributed by atoms with Crippen LogP contribution in [0.4, 0.5) is 4.79 Å². The summed E-state index contributed by atoms with van der Waals surface area (Å²) < 4.78 is 5.14. The second-order valence-corrected chi connectivity index (χ2v) is 4.65. The minimum absolute atomic E-state index is 0.293. The van der Waals surface area contributed by atoms with Crippen molar-refractivity contribution in [1.82, 2.24) is 10.6 Å². The van der Waals surface area contributed by atoms with Crippen molar-refractivity contribution in [3.63, 3.8) is 0 Å². The van der Waals surface area contributed by atoms with Gasteiger partial charge in [-0.1, -0.05) is 29.8 Å². The topological polar surface area (TPSA) is 87.7 Å². The molecule has 3 N–H and O–H groups in total. The minimum Gasteiger partial charge on any atom is -0.479 e. The van der Waals surface area contributed by atoms with Crippen LogP contribution in [0.5, 0.6) is 0 Å². The molecule has 1 aromatic carbocycles. The number of urea groups is 1. The third-order valence-electron chi connectivity index (χ3n) is 2.69. The monoisotopic (exact) mass is 314 g/mol. The fraction of sp³-hybridized carbons (Fsp3) is 0.429. The van der Waals surface area contributed by atoms with Gasteiger partial charge in [0.15, 0.2) is 6.04 Å². The number of aliphatic carboxylic acids is 1. The molecular formula is C14H19ClN2O4. The lowest BCUT2D eigenvalue weighted by molar-refractivity contribution is -0.139. The zero-order valence-electron chi connectivity index (χ0n) is 11.8. The Morgan fingerprint density at radius 2 is 2.10 bits per heavy atom. The van der Waals surface area contributed by atoms with Crippen molar-refractivity contribution in [2.45, 2.75) is 19.4 Å². The van der Waals surface area contributed by atoms with Crippen molar-refractivity contribution in [1.29, 1.82) is 0 Å². The number of carbonyl (C=O) groups is 2. The smallest absolute Gasteiger partial charge is 0.331 e. The molecule has 0 fully saturated rings. The number of hydrogen-bond donors (Lipinski definition) is 3. The van der Waals surface area contributed by atoms with Crippen LogP contribution in [0.2, 0.25) is 5.02 Å². The van der Waals surface area contributed by atoms with Gasteiger partial charge in [-0.05, 0) is 19.4 Å². The van der Waals surface area contributed by atoms with Crippen molar-refractivity contribution >= 4 is 23.6 Å². The summed E-state index contributed by atoms with van der Waals surface area (Å²) in [5.41, 5.74) is 0.344. The van der Waals surface area contributed by atoms with Crippen LogP contribution in [0, 0.1) is 0 Å². The van der Waals surface area contributed by atoms with Crippen LogP contribution in [-0.4, -0.2) is 36.9 Å². The Balaban J connectivity index is 2.54. The first-order valence-corrected chi connectivity index (χ1v) is 7.03. The second-order valence-electron chi connectivity index (χ2n) is 4.24. The first-order valence-electron chi connectivity index (χ1n) is 6.65. The highest BCUT2D eigenvalue weighted by Crippen LogP contribution is 2.22. The Bertz CT molecular complexity index is 482. The van der Waals surface area contributed by atoms with Crippen LogP contribution in [0.1, 0.15) is 24.9 Å². The van der Waals surface area contributed by atoms with E-state index in [1.165, 1.54) is 0 Å². The van der Waals surface area contributed by atoms with Crippen molar-refractivity contribution in [2.75, 3.05) is 19.8 Å². The number of hydrogen-bond acceptors (Lipinski definition) is 3. The van der Waals surface area contributed by atoms with Gasteiger partial charge in [0.1, 0.15) is 0 Å². The van der Waals surface area contributed by atoms with Gasteiger partial charge < -0.3 is 20.5 Å². The molecule has 0 aromatic heterocycles. The molecule has 116 valence electrons. The summed E-state index contributed by atoms with van der Waals surface area (Å²) in [5.74, 6) is -1.17. The zero-order chi connectivity index (χ0) is 15.7. The molecule has 0 aliphatic heterocycles. The maximum absolute atomic E-state index is 11.7. The van der Waals surface area contributed by atoms with Gasteiger partial charge in [-0.25, -0.2) is 9.59 Å². The molecule has 1 aromatic rings. The SMILES string of the molecule is CCOCCCNC(=O)N[C@@H](C(=O)O)c1ccccc1Cl. The van der Waals surface area contributed by atoms with Gasteiger partial charge >= 0.3 is 12.0 Å². The van der Waals surface area contributed by atoms with Gasteiger partial charge in [-0.15, -0.1) is 0 Å². The predicted molar refractivity (Wildman–Crippen MR) is 79.5 cm³/mol. The molecule has 0 aliphatic carbocycles. The molecule has 6 nitrogen and oxygen atoms in total. The van der Waals surface area contributed by atoms with Crippen molar-refractivity contribution < 1.29 is 19.4 Å². The maximum atomic E-state index is 11.7. The van der Waals surface area contributed by atoms with E-state index in [1.807, 2.05) is 6.92 Å². The number of amides is 2. The molecule has 0 saturated heterocycles. The summed E-state index contributed by atoms with van der Waals surface area (Å²) in [6, 6.07) is 4.76. The van der Waals surface area contributed by atoms with E-state index in [0.29, 0.717) is 36.8 Å². The number of carboxylic acids is 1. The molecule has 0 unspecified atom stereocenters. The number of halogens is 1. The number of carbonyl (C=O) groups excluding carboxylic acids is 1. The largest absolute Gasteiger partial charge is 0.479 e. The Kier molecular flexibility index (Phi) is 7.56. The van der Waals surface area contributed by atoms with E-state index in [0.717, 1.165) is 0 Å². The maximum Gasteiger partial charge on any atom is 0.331 e. The zero-order valence-corrected chi connectivity index (χ0v) is 12.5. The molecule has 1 atom stereocenters. The average molecular weight is 315 g/mol. The molecule has 1 rings (SSSR count). The summed E-state index contributed by atoms with van der Waals surface area (Å²) in [4.78, 5) is 23.0. The lowest BCUT2D eigenvalue weighted by Crippen LogP contribution is -2.41. The molecule has 0 radical (unpaired) electrons. The van der Waals surface area contributed by atoms with E-state index in [4.69, 9.17) is 16.3 Å². The van der Waals surface area contributed by atoms with E-state index in [1.54, 1.807) is 24.3 Å². The number of benzene rings is 1. The van der Waals surface area contributed by atoms with Crippen molar-refractivity contribution in [3.8, 4) is 0 Å². The van der Waals surface area contributed by atoms with Crippen LogP contribution in [-0.2, 0) is 9.53 Å². The van der Waals surface area contributed by atoms with Gasteiger partial charge in [-0.3, -0.25) is 0 Å². The van der Waals surface area contributed by atoms with Gasteiger partial charge in [-0.2, -0.15) is 0 Å². The number of nitrogens with one attached hydrogen (secondary N) is 2. The van der Waals surface area contributed by atoms with Crippen LogP contribution in [0.3, 0.4) is 0 Å².